The highest BCUT2D eigenvalue weighted by atomic mass is 15.6. The highest BCUT2D eigenvalue weighted by Gasteiger charge is 2.34. The van der Waals surface area contributed by atoms with Gasteiger partial charge in [-0.25, -0.2) is 4.68 Å². The first-order valence-electron chi connectivity index (χ1n) is 5.11. The molecule has 1 aliphatic rings. The maximum Gasteiger partial charge on any atom is 0.240 e. The van der Waals surface area contributed by atoms with Crippen LogP contribution in [-0.2, 0) is 6.54 Å². The first-order chi connectivity index (χ1) is 6.59. The van der Waals surface area contributed by atoms with Gasteiger partial charge in [0.05, 0.1) is 0 Å². The molecule has 0 amide bonds. The molecule has 14 heavy (non-hydrogen) atoms. The van der Waals surface area contributed by atoms with Crippen molar-refractivity contribution in [1.82, 2.24) is 20.2 Å². The highest BCUT2D eigenvalue weighted by Crippen LogP contribution is 2.43. The average molecular weight is 195 g/mol. The molecule has 5 nitrogen and oxygen atoms in total. The standard InChI is InChI=1S/C9H17N5/c1-9(2)5-3-4-7(9)6-14-8(10)11-12-13-14/h7H,3-6H2,1-2H3,(H2,10,11,13). The number of tetrazole rings is 1. The summed E-state index contributed by atoms with van der Waals surface area (Å²) in [6.45, 7) is 5.47. The summed E-state index contributed by atoms with van der Waals surface area (Å²) < 4.78 is 1.71. The molecule has 1 aromatic heterocycles. The van der Waals surface area contributed by atoms with Gasteiger partial charge in [-0.1, -0.05) is 25.4 Å². The van der Waals surface area contributed by atoms with E-state index in [1.54, 1.807) is 4.68 Å². The van der Waals surface area contributed by atoms with Crippen LogP contribution < -0.4 is 5.73 Å². The third-order valence-corrected chi connectivity index (χ3v) is 3.43. The third kappa shape index (κ3) is 1.58. The quantitative estimate of drug-likeness (QED) is 0.766. The molecule has 1 fully saturated rings. The van der Waals surface area contributed by atoms with Gasteiger partial charge in [0.1, 0.15) is 0 Å². The molecular weight excluding hydrogens is 178 g/mol. The third-order valence-electron chi connectivity index (χ3n) is 3.43. The minimum absolute atomic E-state index is 0.401. The van der Waals surface area contributed by atoms with E-state index in [-0.39, 0.29) is 0 Å². The van der Waals surface area contributed by atoms with Gasteiger partial charge < -0.3 is 5.73 Å². The van der Waals surface area contributed by atoms with Crippen LogP contribution in [0.1, 0.15) is 33.1 Å². The van der Waals surface area contributed by atoms with Crippen molar-refractivity contribution in [2.45, 2.75) is 39.7 Å². The molecule has 0 aliphatic heterocycles. The second-order valence-corrected chi connectivity index (χ2v) is 4.80. The summed E-state index contributed by atoms with van der Waals surface area (Å²) in [6.07, 6.45) is 3.85. The van der Waals surface area contributed by atoms with E-state index in [2.05, 4.69) is 29.4 Å². The van der Waals surface area contributed by atoms with Gasteiger partial charge in [-0.2, -0.15) is 0 Å². The molecule has 2 rings (SSSR count). The Morgan fingerprint density at radius 1 is 1.57 bits per heavy atom. The molecule has 1 atom stereocenters. The number of rotatable bonds is 2. The monoisotopic (exact) mass is 195 g/mol. The summed E-state index contributed by atoms with van der Waals surface area (Å²) in [6, 6.07) is 0. The molecule has 78 valence electrons. The fourth-order valence-electron chi connectivity index (χ4n) is 2.29. The van der Waals surface area contributed by atoms with Crippen LogP contribution in [0.15, 0.2) is 0 Å². The van der Waals surface area contributed by atoms with Crippen LogP contribution in [0.2, 0.25) is 0 Å². The molecule has 1 aliphatic carbocycles. The van der Waals surface area contributed by atoms with Crippen molar-refractivity contribution < 1.29 is 0 Å². The van der Waals surface area contributed by atoms with Crippen molar-refractivity contribution in [3.05, 3.63) is 0 Å². The second kappa shape index (κ2) is 3.22. The van der Waals surface area contributed by atoms with E-state index in [0.29, 0.717) is 17.3 Å². The van der Waals surface area contributed by atoms with Gasteiger partial charge in [0.25, 0.3) is 0 Å². The fourth-order valence-corrected chi connectivity index (χ4v) is 2.29. The zero-order chi connectivity index (χ0) is 10.2. The largest absolute Gasteiger partial charge is 0.367 e. The zero-order valence-electron chi connectivity index (χ0n) is 8.77. The van der Waals surface area contributed by atoms with E-state index >= 15 is 0 Å². The number of hydrogen-bond acceptors (Lipinski definition) is 4. The fraction of sp³-hybridized carbons (Fsp3) is 0.889. The predicted molar refractivity (Wildman–Crippen MR) is 53.4 cm³/mol. The molecule has 0 aromatic carbocycles. The van der Waals surface area contributed by atoms with E-state index in [1.165, 1.54) is 19.3 Å². The molecule has 1 saturated carbocycles. The van der Waals surface area contributed by atoms with Crippen LogP contribution in [0.25, 0.3) is 0 Å². The molecule has 5 heteroatoms. The van der Waals surface area contributed by atoms with Crippen LogP contribution >= 0.6 is 0 Å². The summed E-state index contributed by atoms with van der Waals surface area (Å²) >= 11 is 0. The van der Waals surface area contributed by atoms with Crippen molar-refractivity contribution in [3.63, 3.8) is 0 Å². The van der Waals surface area contributed by atoms with Gasteiger partial charge >= 0.3 is 0 Å². The van der Waals surface area contributed by atoms with Crippen LogP contribution in [0, 0.1) is 11.3 Å². The van der Waals surface area contributed by atoms with Gasteiger partial charge in [-0.3, -0.25) is 0 Å². The van der Waals surface area contributed by atoms with E-state index in [4.69, 9.17) is 5.73 Å². The zero-order valence-corrected chi connectivity index (χ0v) is 8.77. The first-order valence-corrected chi connectivity index (χ1v) is 5.11. The first kappa shape index (κ1) is 9.43. The van der Waals surface area contributed by atoms with E-state index < -0.39 is 0 Å². The molecule has 0 spiro atoms. The van der Waals surface area contributed by atoms with Crippen molar-refractivity contribution in [1.29, 1.82) is 0 Å². The van der Waals surface area contributed by atoms with Crippen LogP contribution in [0.3, 0.4) is 0 Å². The minimum atomic E-state index is 0.401. The Hall–Kier alpha value is -1.13. The summed E-state index contributed by atoms with van der Waals surface area (Å²) in [4.78, 5) is 0. The van der Waals surface area contributed by atoms with E-state index in [1.807, 2.05) is 0 Å². The Morgan fingerprint density at radius 2 is 2.36 bits per heavy atom. The number of nitrogens with two attached hydrogens (primary N) is 1. The Kier molecular flexibility index (Phi) is 2.17. The molecule has 2 N–H and O–H groups in total. The van der Waals surface area contributed by atoms with E-state index in [0.717, 1.165) is 6.54 Å². The van der Waals surface area contributed by atoms with Gasteiger partial charge in [0.15, 0.2) is 0 Å². The van der Waals surface area contributed by atoms with Gasteiger partial charge in [-0.05, 0) is 34.6 Å². The number of nitrogen functional groups attached to an aromatic ring is 1. The lowest BCUT2D eigenvalue weighted by Crippen LogP contribution is -2.23. The van der Waals surface area contributed by atoms with E-state index in [9.17, 15) is 0 Å². The summed E-state index contributed by atoms with van der Waals surface area (Å²) in [5.41, 5.74) is 6.04. The smallest absolute Gasteiger partial charge is 0.240 e. The Bertz CT molecular complexity index is 317. The Morgan fingerprint density at radius 3 is 2.86 bits per heavy atom. The van der Waals surface area contributed by atoms with Crippen molar-refractivity contribution >= 4 is 5.95 Å². The molecule has 0 bridgehead atoms. The summed E-state index contributed by atoms with van der Waals surface area (Å²) in [5, 5.41) is 11.1. The van der Waals surface area contributed by atoms with Crippen LogP contribution in [-0.4, -0.2) is 20.2 Å². The lowest BCUT2D eigenvalue weighted by Gasteiger charge is -2.26. The molecule has 1 heterocycles. The van der Waals surface area contributed by atoms with Crippen LogP contribution in [0.4, 0.5) is 5.95 Å². The molecule has 0 saturated heterocycles. The average Bonchev–Trinajstić information content (AvgIpc) is 2.62. The number of hydrogen-bond donors (Lipinski definition) is 1. The van der Waals surface area contributed by atoms with Gasteiger partial charge in [0, 0.05) is 6.54 Å². The topological polar surface area (TPSA) is 69.6 Å². The predicted octanol–water partition coefficient (Wildman–Crippen LogP) is 1.08. The number of aromatic nitrogens is 4. The van der Waals surface area contributed by atoms with Crippen LogP contribution in [0.5, 0.6) is 0 Å². The van der Waals surface area contributed by atoms with Crippen molar-refractivity contribution in [3.8, 4) is 0 Å². The molecule has 0 radical (unpaired) electrons. The molecule has 1 unspecified atom stereocenters. The second-order valence-electron chi connectivity index (χ2n) is 4.80. The maximum absolute atomic E-state index is 5.63. The number of nitrogens with zero attached hydrogens (tertiary/aromatic N) is 4. The van der Waals surface area contributed by atoms with Gasteiger partial charge in [-0.15, -0.1) is 0 Å². The van der Waals surface area contributed by atoms with Gasteiger partial charge in [0.2, 0.25) is 5.95 Å². The Labute approximate surface area is 83.7 Å². The SMILES string of the molecule is CC1(C)CCCC1Cn1nnnc1N. The molecular formula is C9H17N5. The number of anilines is 1. The van der Waals surface area contributed by atoms with Crippen molar-refractivity contribution in [2.75, 3.05) is 5.73 Å². The molecule has 1 aromatic rings. The lowest BCUT2D eigenvalue weighted by atomic mass is 9.82. The minimum Gasteiger partial charge on any atom is -0.367 e. The Balaban J connectivity index is 2.08. The normalized spacial score (nSPS) is 25.4. The highest BCUT2D eigenvalue weighted by molar-refractivity contribution is 5.10. The lowest BCUT2D eigenvalue weighted by molar-refractivity contribution is 0.225. The summed E-state index contributed by atoms with van der Waals surface area (Å²) in [5.74, 6) is 1.07. The van der Waals surface area contributed by atoms with Crippen molar-refractivity contribution in [2.24, 2.45) is 11.3 Å². The summed E-state index contributed by atoms with van der Waals surface area (Å²) in [7, 11) is 0. The maximum atomic E-state index is 5.63.